The quantitative estimate of drug-likeness (QED) is 0.750. The standard InChI is InChI=1S/C23H26N2O5/c1-27-19-5-3-18(4-6-19)25-14-20(30-23(25)26)13-24-10-8-16(9-11-24)17-2-7-21-22(12-17)29-15-28-21/h2-7,12,16,20H,8-11,13-15H2,1H3. The summed E-state index contributed by atoms with van der Waals surface area (Å²) in [4.78, 5) is 16.4. The van der Waals surface area contributed by atoms with Crippen molar-refractivity contribution in [3.63, 3.8) is 0 Å². The summed E-state index contributed by atoms with van der Waals surface area (Å²) in [6, 6.07) is 13.8. The van der Waals surface area contributed by atoms with Crippen LogP contribution in [-0.2, 0) is 4.74 Å². The minimum Gasteiger partial charge on any atom is -0.497 e. The van der Waals surface area contributed by atoms with Crippen LogP contribution in [0.5, 0.6) is 17.2 Å². The third kappa shape index (κ3) is 3.77. The second-order valence-corrected chi connectivity index (χ2v) is 8.00. The predicted molar refractivity (Wildman–Crippen MR) is 112 cm³/mol. The van der Waals surface area contributed by atoms with Gasteiger partial charge in [-0.2, -0.15) is 0 Å². The lowest BCUT2D eigenvalue weighted by Crippen LogP contribution is -2.39. The summed E-state index contributed by atoms with van der Waals surface area (Å²) in [6.45, 7) is 3.65. The van der Waals surface area contributed by atoms with Crippen LogP contribution in [0.2, 0.25) is 0 Å². The Labute approximate surface area is 176 Å². The molecule has 3 heterocycles. The van der Waals surface area contributed by atoms with Gasteiger partial charge in [-0.1, -0.05) is 6.07 Å². The van der Waals surface area contributed by atoms with Gasteiger partial charge in [-0.25, -0.2) is 4.79 Å². The average Bonchev–Trinajstić information content (AvgIpc) is 3.40. The summed E-state index contributed by atoms with van der Waals surface area (Å²) >= 11 is 0. The van der Waals surface area contributed by atoms with Crippen molar-refractivity contribution in [3.05, 3.63) is 48.0 Å². The molecule has 0 aliphatic carbocycles. The highest BCUT2D eigenvalue weighted by Gasteiger charge is 2.34. The fourth-order valence-corrected chi connectivity index (χ4v) is 4.49. The third-order valence-corrected chi connectivity index (χ3v) is 6.18. The molecule has 5 rings (SSSR count). The second-order valence-electron chi connectivity index (χ2n) is 8.00. The first-order valence-electron chi connectivity index (χ1n) is 10.4. The maximum absolute atomic E-state index is 12.3. The molecule has 7 heteroatoms. The number of cyclic esters (lactones) is 1. The molecular weight excluding hydrogens is 384 g/mol. The largest absolute Gasteiger partial charge is 0.497 e. The van der Waals surface area contributed by atoms with Gasteiger partial charge in [0.1, 0.15) is 11.9 Å². The number of piperidine rings is 1. The zero-order valence-corrected chi connectivity index (χ0v) is 17.1. The van der Waals surface area contributed by atoms with E-state index in [1.807, 2.05) is 30.3 Å². The number of carbonyl (C=O) groups excluding carboxylic acids is 1. The number of carbonyl (C=O) groups is 1. The zero-order chi connectivity index (χ0) is 20.5. The maximum Gasteiger partial charge on any atom is 0.414 e. The van der Waals surface area contributed by atoms with E-state index in [2.05, 4.69) is 17.0 Å². The molecule has 30 heavy (non-hydrogen) atoms. The molecule has 0 bridgehead atoms. The smallest absolute Gasteiger partial charge is 0.414 e. The molecule has 0 aromatic heterocycles. The highest BCUT2D eigenvalue weighted by molar-refractivity contribution is 5.89. The van der Waals surface area contributed by atoms with Gasteiger partial charge in [0.2, 0.25) is 6.79 Å². The summed E-state index contributed by atoms with van der Waals surface area (Å²) in [5.74, 6) is 2.98. The van der Waals surface area contributed by atoms with Gasteiger partial charge in [0.05, 0.1) is 13.7 Å². The fraction of sp³-hybridized carbons (Fsp3) is 0.435. The second kappa shape index (κ2) is 8.07. The van der Waals surface area contributed by atoms with Crippen LogP contribution in [0.1, 0.15) is 24.3 Å². The normalized spacial score (nSPS) is 21.7. The Morgan fingerprint density at radius 2 is 1.80 bits per heavy atom. The van der Waals surface area contributed by atoms with E-state index < -0.39 is 0 Å². The molecule has 0 N–H and O–H groups in total. The molecule has 2 aromatic carbocycles. The van der Waals surface area contributed by atoms with Crippen molar-refractivity contribution in [1.82, 2.24) is 4.90 Å². The summed E-state index contributed by atoms with van der Waals surface area (Å²) in [5, 5.41) is 0. The monoisotopic (exact) mass is 410 g/mol. The summed E-state index contributed by atoms with van der Waals surface area (Å²) in [6.07, 6.45) is 1.78. The Kier molecular flexibility index (Phi) is 5.12. The zero-order valence-electron chi connectivity index (χ0n) is 17.1. The van der Waals surface area contributed by atoms with E-state index in [0.717, 1.165) is 55.4 Å². The molecule has 2 saturated heterocycles. The van der Waals surface area contributed by atoms with E-state index in [1.54, 1.807) is 12.0 Å². The van der Waals surface area contributed by atoms with Crippen LogP contribution in [0.4, 0.5) is 10.5 Å². The molecule has 0 radical (unpaired) electrons. The van der Waals surface area contributed by atoms with Gasteiger partial charge in [0.15, 0.2) is 11.5 Å². The van der Waals surface area contributed by atoms with Crippen molar-refractivity contribution in [2.75, 3.05) is 45.0 Å². The SMILES string of the molecule is COc1ccc(N2CC(CN3CCC(c4ccc5c(c4)OCO5)CC3)OC2=O)cc1. The number of ether oxygens (including phenoxy) is 4. The molecule has 1 atom stereocenters. The number of nitrogens with zero attached hydrogens (tertiary/aromatic N) is 2. The molecule has 0 saturated carbocycles. The van der Waals surface area contributed by atoms with Gasteiger partial charge in [-0.05, 0) is 73.8 Å². The molecule has 1 amide bonds. The minimum absolute atomic E-state index is 0.110. The van der Waals surface area contributed by atoms with E-state index >= 15 is 0 Å². The molecule has 1 unspecified atom stereocenters. The van der Waals surface area contributed by atoms with Crippen molar-refractivity contribution in [3.8, 4) is 17.2 Å². The molecule has 2 aromatic rings. The van der Waals surface area contributed by atoms with Crippen molar-refractivity contribution < 1.29 is 23.7 Å². The number of benzene rings is 2. The van der Waals surface area contributed by atoms with Crippen LogP contribution in [0, 0.1) is 0 Å². The van der Waals surface area contributed by atoms with Gasteiger partial charge in [0, 0.05) is 12.2 Å². The molecule has 3 aliphatic rings. The Bertz CT molecular complexity index is 908. The molecule has 158 valence electrons. The van der Waals surface area contributed by atoms with Crippen LogP contribution < -0.4 is 19.1 Å². The number of fused-ring (bicyclic) bond motifs is 1. The first-order chi connectivity index (χ1) is 14.7. The summed E-state index contributed by atoms with van der Waals surface area (Å²) < 4.78 is 21.7. The molecule has 3 aliphatic heterocycles. The Morgan fingerprint density at radius 3 is 2.57 bits per heavy atom. The Morgan fingerprint density at radius 1 is 1.03 bits per heavy atom. The first-order valence-corrected chi connectivity index (χ1v) is 10.4. The van der Waals surface area contributed by atoms with E-state index in [1.165, 1.54) is 5.56 Å². The molecule has 2 fully saturated rings. The fourth-order valence-electron chi connectivity index (χ4n) is 4.49. The lowest BCUT2D eigenvalue weighted by atomic mass is 9.89. The van der Waals surface area contributed by atoms with Gasteiger partial charge >= 0.3 is 6.09 Å². The van der Waals surface area contributed by atoms with Crippen LogP contribution in [-0.4, -0.2) is 57.2 Å². The van der Waals surface area contributed by atoms with Crippen molar-refractivity contribution in [1.29, 1.82) is 0 Å². The van der Waals surface area contributed by atoms with E-state index in [-0.39, 0.29) is 12.2 Å². The van der Waals surface area contributed by atoms with E-state index in [0.29, 0.717) is 19.3 Å². The Balaban J connectivity index is 1.14. The molecular formula is C23H26N2O5. The van der Waals surface area contributed by atoms with Crippen LogP contribution in [0.25, 0.3) is 0 Å². The first kappa shape index (κ1) is 19.1. The number of hydrogen-bond donors (Lipinski definition) is 0. The lowest BCUT2D eigenvalue weighted by molar-refractivity contribution is 0.0976. The maximum atomic E-state index is 12.3. The van der Waals surface area contributed by atoms with E-state index in [4.69, 9.17) is 18.9 Å². The van der Waals surface area contributed by atoms with Gasteiger partial charge in [0.25, 0.3) is 0 Å². The number of amides is 1. The van der Waals surface area contributed by atoms with Gasteiger partial charge < -0.3 is 18.9 Å². The summed E-state index contributed by atoms with van der Waals surface area (Å²) in [7, 11) is 1.63. The van der Waals surface area contributed by atoms with Crippen molar-refractivity contribution in [2.45, 2.75) is 24.9 Å². The minimum atomic E-state index is -0.277. The van der Waals surface area contributed by atoms with Crippen LogP contribution >= 0.6 is 0 Å². The Hall–Kier alpha value is -2.93. The van der Waals surface area contributed by atoms with Crippen molar-refractivity contribution in [2.24, 2.45) is 0 Å². The number of rotatable bonds is 5. The predicted octanol–water partition coefficient (Wildman–Crippen LogP) is 3.63. The van der Waals surface area contributed by atoms with Crippen molar-refractivity contribution >= 4 is 11.8 Å². The number of hydrogen-bond acceptors (Lipinski definition) is 6. The third-order valence-electron chi connectivity index (χ3n) is 6.18. The van der Waals surface area contributed by atoms with Gasteiger partial charge in [-0.3, -0.25) is 9.80 Å². The average molecular weight is 410 g/mol. The topological polar surface area (TPSA) is 60.5 Å². The number of methoxy groups -OCH3 is 1. The summed E-state index contributed by atoms with van der Waals surface area (Å²) in [5.41, 5.74) is 2.15. The molecule has 7 nitrogen and oxygen atoms in total. The molecule has 0 spiro atoms. The number of anilines is 1. The van der Waals surface area contributed by atoms with Gasteiger partial charge in [-0.15, -0.1) is 0 Å². The van der Waals surface area contributed by atoms with E-state index in [9.17, 15) is 4.79 Å². The highest BCUT2D eigenvalue weighted by atomic mass is 16.7. The van der Waals surface area contributed by atoms with Crippen LogP contribution in [0.15, 0.2) is 42.5 Å². The van der Waals surface area contributed by atoms with Crippen LogP contribution in [0.3, 0.4) is 0 Å². The highest BCUT2D eigenvalue weighted by Crippen LogP contribution is 2.37. The number of likely N-dealkylation sites (tertiary alicyclic amines) is 1. The lowest BCUT2D eigenvalue weighted by Gasteiger charge is -2.33.